The predicted molar refractivity (Wildman–Crippen MR) is 106 cm³/mol. The maximum absolute atomic E-state index is 11.9. The van der Waals surface area contributed by atoms with Crippen LogP contribution in [0.4, 0.5) is 0 Å². The van der Waals surface area contributed by atoms with Crippen LogP contribution in [-0.4, -0.2) is 63.8 Å². The standard InChI is InChI=1S/C18H27BrN4O3/c1-23(2)17(24)12-22-18(21-11-15-5-4-8-26-15)20-10-13-9-14(19)6-7-16(13)25-3/h6-7,9,15H,4-5,8,10-12H2,1-3H3,(H2,20,21,22). The molecule has 1 atom stereocenters. The molecule has 1 aliphatic rings. The van der Waals surface area contributed by atoms with Crippen molar-refractivity contribution < 1.29 is 14.3 Å². The number of guanidine groups is 1. The van der Waals surface area contributed by atoms with E-state index in [0.29, 0.717) is 19.0 Å². The predicted octanol–water partition coefficient (Wildman–Crippen LogP) is 1.76. The molecule has 0 aliphatic carbocycles. The highest BCUT2D eigenvalue weighted by molar-refractivity contribution is 9.10. The van der Waals surface area contributed by atoms with Gasteiger partial charge in [0.15, 0.2) is 5.96 Å². The van der Waals surface area contributed by atoms with Crippen LogP contribution in [0.25, 0.3) is 0 Å². The molecule has 8 heteroatoms. The number of benzene rings is 1. The fourth-order valence-corrected chi connectivity index (χ4v) is 2.95. The summed E-state index contributed by atoms with van der Waals surface area (Å²) < 4.78 is 12.0. The van der Waals surface area contributed by atoms with Crippen LogP contribution in [0, 0.1) is 0 Å². The number of hydrogen-bond donors (Lipinski definition) is 2. The second-order valence-corrected chi connectivity index (χ2v) is 7.19. The highest BCUT2D eigenvalue weighted by Gasteiger charge is 2.16. The summed E-state index contributed by atoms with van der Waals surface area (Å²) >= 11 is 3.47. The topological polar surface area (TPSA) is 75.2 Å². The fraction of sp³-hybridized carbons (Fsp3) is 0.556. The van der Waals surface area contributed by atoms with E-state index in [1.165, 1.54) is 0 Å². The van der Waals surface area contributed by atoms with Crippen molar-refractivity contribution in [2.45, 2.75) is 25.5 Å². The molecule has 1 fully saturated rings. The number of amides is 1. The molecule has 0 spiro atoms. The molecule has 0 bridgehead atoms. The average molecular weight is 427 g/mol. The van der Waals surface area contributed by atoms with Crippen molar-refractivity contribution in [1.29, 1.82) is 0 Å². The minimum Gasteiger partial charge on any atom is -0.496 e. The first-order chi connectivity index (χ1) is 12.5. The molecule has 144 valence electrons. The number of carbonyl (C=O) groups excluding carboxylic acids is 1. The van der Waals surface area contributed by atoms with Crippen molar-refractivity contribution in [3.63, 3.8) is 0 Å². The molecular formula is C18H27BrN4O3. The first kappa shape index (κ1) is 20.5. The average Bonchev–Trinajstić information content (AvgIpc) is 3.14. The van der Waals surface area contributed by atoms with Gasteiger partial charge in [-0.1, -0.05) is 15.9 Å². The minimum absolute atomic E-state index is 0.0170. The second kappa shape index (κ2) is 10.4. The van der Waals surface area contributed by atoms with Gasteiger partial charge in [-0.3, -0.25) is 4.79 Å². The lowest BCUT2D eigenvalue weighted by molar-refractivity contribution is -0.127. The van der Waals surface area contributed by atoms with Gasteiger partial charge in [0.2, 0.25) is 5.91 Å². The van der Waals surface area contributed by atoms with E-state index in [4.69, 9.17) is 9.47 Å². The van der Waals surface area contributed by atoms with Gasteiger partial charge >= 0.3 is 0 Å². The highest BCUT2D eigenvalue weighted by atomic mass is 79.9. The van der Waals surface area contributed by atoms with Crippen LogP contribution in [0.1, 0.15) is 18.4 Å². The largest absolute Gasteiger partial charge is 0.496 e. The van der Waals surface area contributed by atoms with Gasteiger partial charge < -0.3 is 25.0 Å². The van der Waals surface area contributed by atoms with Crippen LogP contribution in [0.15, 0.2) is 27.7 Å². The number of methoxy groups -OCH3 is 1. The number of nitrogens with one attached hydrogen (secondary N) is 2. The van der Waals surface area contributed by atoms with Crippen molar-refractivity contribution in [3.05, 3.63) is 28.2 Å². The number of carbonyl (C=O) groups is 1. The Bertz CT molecular complexity index is 631. The highest BCUT2D eigenvalue weighted by Crippen LogP contribution is 2.23. The Kier molecular flexibility index (Phi) is 8.18. The lowest BCUT2D eigenvalue weighted by Crippen LogP contribution is -2.45. The summed E-state index contributed by atoms with van der Waals surface area (Å²) in [6.07, 6.45) is 2.31. The number of nitrogens with zero attached hydrogens (tertiary/aromatic N) is 2. The SMILES string of the molecule is COc1ccc(Br)cc1CN=C(NCC(=O)N(C)C)NCC1CCCO1. The Balaban J connectivity index is 2.03. The van der Waals surface area contributed by atoms with Gasteiger partial charge in [-0.15, -0.1) is 0 Å². The maximum atomic E-state index is 11.9. The van der Waals surface area contributed by atoms with Gasteiger partial charge in [-0.25, -0.2) is 4.99 Å². The normalized spacial score (nSPS) is 17.1. The molecule has 1 aromatic rings. The Morgan fingerprint density at radius 3 is 2.88 bits per heavy atom. The van der Waals surface area contributed by atoms with Crippen molar-refractivity contribution in [1.82, 2.24) is 15.5 Å². The van der Waals surface area contributed by atoms with E-state index in [1.807, 2.05) is 18.2 Å². The van der Waals surface area contributed by atoms with Gasteiger partial charge in [-0.2, -0.15) is 0 Å². The Morgan fingerprint density at radius 2 is 2.23 bits per heavy atom. The molecule has 0 saturated carbocycles. The number of ether oxygens (including phenoxy) is 2. The van der Waals surface area contributed by atoms with E-state index in [2.05, 4.69) is 31.6 Å². The summed E-state index contributed by atoms with van der Waals surface area (Å²) in [6, 6.07) is 5.80. The lowest BCUT2D eigenvalue weighted by Gasteiger charge is -2.17. The summed E-state index contributed by atoms with van der Waals surface area (Å²) in [6.45, 7) is 2.08. The summed E-state index contributed by atoms with van der Waals surface area (Å²) in [5.74, 6) is 1.34. The van der Waals surface area contributed by atoms with E-state index in [0.717, 1.165) is 35.2 Å². The summed E-state index contributed by atoms with van der Waals surface area (Å²) in [4.78, 5) is 18.0. The third-order valence-electron chi connectivity index (χ3n) is 4.08. The fourth-order valence-electron chi connectivity index (χ4n) is 2.54. The molecule has 7 nitrogen and oxygen atoms in total. The van der Waals surface area contributed by atoms with Gasteiger partial charge in [0.1, 0.15) is 5.75 Å². The molecule has 1 aliphatic heterocycles. The third-order valence-corrected chi connectivity index (χ3v) is 4.57. The molecule has 0 radical (unpaired) electrons. The van der Waals surface area contributed by atoms with Crippen LogP contribution in [0.3, 0.4) is 0 Å². The van der Waals surface area contributed by atoms with Gasteiger partial charge in [0.05, 0.1) is 26.3 Å². The second-order valence-electron chi connectivity index (χ2n) is 6.28. The summed E-state index contributed by atoms with van der Waals surface area (Å²) in [5.41, 5.74) is 0.957. The number of rotatable bonds is 7. The lowest BCUT2D eigenvalue weighted by atomic mass is 10.2. The molecule has 1 heterocycles. The molecule has 26 heavy (non-hydrogen) atoms. The zero-order valence-corrected chi connectivity index (χ0v) is 17.1. The Hall–Kier alpha value is -1.80. The minimum atomic E-state index is -0.0170. The van der Waals surface area contributed by atoms with E-state index >= 15 is 0 Å². The van der Waals surface area contributed by atoms with Crippen LogP contribution in [-0.2, 0) is 16.1 Å². The molecule has 2 N–H and O–H groups in total. The van der Waals surface area contributed by atoms with Gasteiger partial charge in [-0.05, 0) is 31.0 Å². The molecule has 2 rings (SSSR count). The first-order valence-electron chi connectivity index (χ1n) is 8.66. The van der Waals surface area contributed by atoms with Gasteiger partial charge in [0, 0.05) is 37.3 Å². The third kappa shape index (κ3) is 6.49. The maximum Gasteiger partial charge on any atom is 0.241 e. The Morgan fingerprint density at radius 1 is 1.42 bits per heavy atom. The van der Waals surface area contributed by atoms with E-state index < -0.39 is 0 Å². The van der Waals surface area contributed by atoms with Crippen molar-refractivity contribution in [3.8, 4) is 5.75 Å². The van der Waals surface area contributed by atoms with Crippen LogP contribution >= 0.6 is 15.9 Å². The molecule has 0 aromatic heterocycles. The molecule has 1 aromatic carbocycles. The van der Waals surface area contributed by atoms with E-state index in [-0.39, 0.29) is 18.6 Å². The van der Waals surface area contributed by atoms with Crippen molar-refractivity contribution in [2.75, 3.05) is 40.9 Å². The van der Waals surface area contributed by atoms with Crippen LogP contribution < -0.4 is 15.4 Å². The molecule has 1 saturated heterocycles. The molecular weight excluding hydrogens is 400 g/mol. The monoisotopic (exact) mass is 426 g/mol. The summed E-state index contributed by atoms with van der Waals surface area (Å²) in [5, 5.41) is 6.36. The Labute approximate surface area is 163 Å². The smallest absolute Gasteiger partial charge is 0.241 e. The quantitative estimate of drug-likeness (QED) is 0.513. The number of likely N-dealkylation sites (N-methyl/N-ethyl adjacent to an activating group) is 1. The molecule has 1 unspecified atom stereocenters. The number of halogens is 1. The number of aliphatic imine (C=N–C) groups is 1. The van der Waals surface area contributed by atoms with Crippen LogP contribution in [0.2, 0.25) is 0 Å². The molecule has 1 amide bonds. The first-order valence-corrected chi connectivity index (χ1v) is 9.45. The van der Waals surface area contributed by atoms with Crippen molar-refractivity contribution in [2.24, 2.45) is 4.99 Å². The zero-order valence-electron chi connectivity index (χ0n) is 15.5. The number of hydrogen-bond acceptors (Lipinski definition) is 4. The van der Waals surface area contributed by atoms with Crippen LogP contribution in [0.5, 0.6) is 5.75 Å². The van der Waals surface area contributed by atoms with Gasteiger partial charge in [0.25, 0.3) is 0 Å². The van der Waals surface area contributed by atoms with Crippen molar-refractivity contribution >= 4 is 27.8 Å². The van der Waals surface area contributed by atoms with E-state index in [9.17, 15) is 4.79 Å². The van der Waals surface area contributed by atoms with E-state index in [1.54, 1.807) is 26.1 Å². The zero-order chi connectivity index (χ0) is 18.9. The summed E-state index contributed by atoms with van der Waals surface area (Å²) in [7, 11) is 5.10.